The van der Waals surface area contributed by atoms with Gasteiger partial charge in [0.25, 0.3) is 0 Å². The molecule has 0 unspecified atom stereocenters. The second kappa shape index (κ2) is 13.0. The third-order valence-electron chi connectivity index (χ3n) is 10.9. The highest BCUT2D eigenvalue weighted by molar-refractivity contribution is 7.26. The van der Waals surface area contributed by atoms with Crippen LogP contribution in [-0.4, -0.2) is 17.2 Å². The Balaban J connectivity index is 1.31. The predicted octanol–water partition coefficient (Wildman–Crippen LogP) is 11.6. The first-order valence-corrected chi connectivity index (χ1v) is 21.2. The van der Waals surface area contributed by atoms with Gasteiger partial charge in [0.05, 0.1) is 58.5 Å². The maximum atomic E-state index is 10.3. The lowest BCUT2D eigenvalue weighted by atomic mass is 10.1. The Bertz CT molecular complexity index is 4320. The van der Waals surface area contributed by atoms with E-state index in [4.69, 9.17) is 12.3 Å². The number of rotatable bonds is 6. The quantitative estimate of drug-likeness (QED) is 0.117. The van der Waals surface area contributed by atoms with Gasteiger partial charge in [0.2, 0.25) is 0 Å². The van der Waals surface area contributed by atoms with Crippen molar-refractivity contribution in [3.05, 3.63) is 218 Å². The van der Waals surface area contributed by atoms with Crippen molar-refractivity contribution in [3.8, 4) is 11.4 Å². The van der Waals surface area contributed by atoms with Crippen LogP contribution in [0.15, 0.2) is 218 Å². The van der Waals surface area contributed by atoms with Crippen molar-refractivity contribution in [2.75, 3.05) is 0 Å². The molecule has 0 bridgehead atoms. The van der Waals surface area contributed by atoms with Crippen LogP contribution in [0.1, 0.15) is 26.0 Å². The number of benzene rings is 9. The average Bonchev–Trinajstić information content (AvgIpc) is 3.89. The van der Waals surface area contributed by atoms with Gasteiger partial charge in [-0.25, -0.2) is 0 Å². The van der Waals surface area contributed by atoms with Crippen molar-refractivity contribution in [3.63, 3.8) is 0 Å². The molecule has 3 aromatic heterocycles. The number of aromatic nitrogens is 2. The second-order valence-electron chi connectivity index (χ2n) is 13.8. The van der Waals surface area contributed by atoms with Gasteiger partial charge in [-0.1, -0.05) is 176 Å². The topological polar surface area (TPSA) is 9.86 Å². The molecule has 0 spiro atoms. The molecule has 0 atom stereocenters. The van der Waals surface area contributed by atoms with Gasteiger partial charge < -0.3 is 9.13 Å². The number of hydrogen-bond acceptors (Lipinski definition) is 1. The van der Waals surface area contributed by atoms with Gasteiger partial charge in [0, 0.05) is 42.7 Å². The SMILES string of the molecule is [2H]c1c([2H])c([2H])c([Si](c2c([2H])c([2H])c([2H])c([2H])c2[2H])(c2c([2H])c([2H])c([2H])c([2H])c2[2H])c2c([2H])c([2H])c(-n3c4ccccc4c4cc(-n5c6ccccc6c6ccccc65)c5sc6ccccc6c5c43)c([2H])c2[2H])c([2H])c1[2H]. The van der Waals surface area contributed by atoms with Gasteiger partial charge in [0.15, 0.2) is 8.07 Å². The van der Waals surface area contributed by atoms with Crippen molar-refractivity contribution < 1.29 is 26.0 Å². The molecule has 58 heavy (non-hydrogen) atoms. The second-order valence-corrected chi connectivity index (χ2v) is 18.3. The summed E-state index contributed by atoms with van der Waals surface area (Å²) >= 11 is 1.53. The molecule has 4 heteroatoms. The van der Waals surface area contributed by atoms with Crippen LogP contribution in [0.2, 0.25) is 0 Å². The zero-order valence-corrected chi connectivity index (χ0v) is 31.9. The van der Waals surface area contributed by atoms with Crippen LogP contribution in [0.3, 0.4) is 0 Å². The Morgan fingerprint density at radius 1 is 0.414 bits per heavy atom. The number of hydrogen-bond donors (Lipinski definition) is 0. The molecule has 0 amide bonds. The van der Waals surface area contributed by atoms with Crippen LogP contribution in [0.25, 0.3) is 75.2 Å². The van der Waals surface area contributed by atoms with Crippen molar-refractivity contribution in [2.45, 2.75) is 0 Å². The highest BCUT2D eigenvalue weighted by Crippen LogP contribution is 2.47. The zero-order chi connectivity index (χ0) is 54.7. The minimum absolute atomic E-state index is 0.331. The summed E-state index contributed by atoms with van der Waals surface area (Å²) in [6.45, 7) is 0. The smallest absolute Gasteiger partial charge is 0.179 e. The molecule has 3 heterocycles. The molecule has 0 radical (unpaired) electrons. The van der Waals surface area contributed by atoms with E-state index in [2.05, 4.69) is 28.8 Å². The molecule has 0 fully saturated rings. The third-order valence-corrected chi connectivity index (χ3v) is 16.1. The molecule has 272 valence electrons. The van der Waals surface area contributed by atoms with Crippen molar-refractivity contribution in [1.29, 1.82) is 0 Å². The first-order chi connectivity index (χ1) is 36.7. The van der Waals surface area contributed by atoms with Crippen LogP contribution in [0.4, 0.5) is 0 Å². The molecular formula is C54H36N2SSi. The highest BCUT2D eigenvalue weighted by atomic mass is 32.1. The third kappa shape index (κ3) is 4.70. The monoisotopic (exact) mass is 791 g/mol. The summed E-state index contributed by atoms with van der Waals surface area (Å²) < 4.78 is 183. The Hall–Kier alpha value is -6.98. The highest BCUT2D eigenvalue weighted by Gasteiger charge is 2.41. The Morgan fingerprint density at radius 3 is 1.38 bits per heavy atom. The molecule has 12 rings (SSSR count). The molecule has 0 aliphatic heterocycles. The summed E-state index contributed by atoms with van der Waals surface area (Å²) in [5, 5.41) is 1.24. The van der Waals surface area contributed by atoms with Gasteiger partial charge >= 0.3 is 0 Å². The van der Waals surface area contributed by atoms with E-state index in [1.807, 2.05) is 66.7 Å². The molecule has 0 saturated heterocycles. The summed E-state index contributed by atoms with van der Waals surface area (Å²) in [6.07, 6.45) is 0. The summed E-state index contributed by atoms with van der Waals surface area (Å²) in [6, 6.07) is 14.1. The molecule has 0 N–H and O–H groups in total. The summed E-state index contributed by atoms with van der Waals surface area (Å²) in [7, 11) is -6.06. The molecule has 12 aromatic rings. The number of thiophene rings is 1. The lowest BCUT2D eigenvalue weighted by Crippen LogP contribution is -2.74. The zero-order valence-electron chi connectivity index (χ0n) is 49.1. The first-order valence-electron chi connectivity index (χ1n) is 27.9. The van der Waals surface area contributed by atoms with E-state index < -0.39 is 144 Å². The van der Waals surface area contributed by atoms with Crippen molar-refractivity contribution in [1.82, 2.24) is 9.13 Å². The van der Waals surface area contributed by atoms with E-state index in [1.54, 1.807) is 16.7 Å². The maximum Gasteiger partial charge on any atom is 0.179 e. The molecule has 0 aliphatic carbocycles. The first kappa shape index (κ1) is 19.4. The fourth-order valence-electron chi connectivity index (χ4n) is 8.57. The van der Waals surface area contributed by atoms with Crippen LogP contribution in [0.5, 0.6) is 0 Å². The van der Waals surface area contributed by atoms with Crippen molar-refractivity contribution >= 4 is 104 Å². The van der Waals surface area contributed by atoms with Crippen molar-refractivity contribution in [2.24, 2.45) is 0 Å². The van der Waals surface area contributed by atoms with Crippen LogP contribution in [0, 0.1) is 0 Å². The van der Waals surface area contributed by atoms with Gasteiger partial charge in [-0.05, 0) is 63.2 Å². The molecule has 0 saturated carbocycles. The van der Waals surface area contributed by atoms with Crippen LogP contribution in [-0.2, 0) is 0 Å². The minimum Gasteiger partial charge on any atom is -0.309 e. The van der Waals surface area contributed by atoms with E-state index in [-0.39, 0.29) is 5.69 Å². The van der Waals surface area contributed by atoms with Gasteiger partial charge in [0.1, 0.15) is 0 Å². The lowest BCUT2D eigenvalue weighted by molar-refractivity contribution is 1.18. The van der Waals surface area contributed by atoms with Gasteiger partial charge in [-0.2, -0.15) is 0 Å². The Kier molecular flexibility index (Phi) is 4.37. The standard InChI is InChI=1S/C54H36N2SSi/c1-4-18-38(19-5-1)58(39-20-6-2-7-21-39,40-22-8-3-9-23-40)41-34-32-37(33-35-41)55-47-28-14-12-26-44(47)46-36-50(54-52(53(46)55)45-27-13-17-31-51(45)57-54)56-48-29-15-10-24-42(48)43-25-11-16-30-49(43)56/h1-36H/i1D,2D,3D,4D,5D,6D,7D,8D,9D,18D,19D,20D,21D,22D,23D,32D,33D,34D,35D. The Morgan fingerprint density at radius 2 is 0.845 bits per heavy atom. The minimum atomic E-state index is -6.06. The van der Waals surface area contributed by atoms with Crippen LogP contribution < -0.4 is 20.7 Å². The molecule has 0 aliphatic rings. The lowest BCUT2D eigenvalue weighted by Gasteiger charge is -2.34. The normalized spacial score (nSPS) is 16.7. The maximum absolute atomic E-state index is 10.3. The molecular weight excluding hydrogens is 737 g/mol. The fraction of sp³-hybridized carbons (Fsp3) is 0. The van der Waals surface area contributed by atoms with Gasteiger partial charge in [-0.3, -0.25) is 0 Å². The fourth-order valence-corrected chi connectivity index (χ4v) is 13.3. The number of fused-ring (bicyclic) bond motifs is 10. The Labute approximate surface area is 367 Å². The average molecular weight is 792 g/mol. The summed E-state index contributed by atoms with van der Waals surface area (Å²) in [5.74, 6) is 0. The van der Waals surface area contributed by atoms with E-state index >= 15 is 0 Å². The number of para-hydroxylation sites is 3. The summed E-state index contributed by atoms with van der Waals surface area (Å²) in [4.78, 5) is 0. The predicted molar refractivity (Wildman–Crippen MR) is 252 cm³/mol. The van der Waals surface area contributed by atoms with E-state index in [1.165, 1.54) is 11.3 Å². The molecule has 2 nitrogen and oxygen atoms in total. The van der Waals surface area contributed by atoms with Gasteiger partial charge in [-0.15, -0.1) is 11.3 Å². The molecule has 9 aromatic carbocycles. The van der Waals surface area contributed by atoms with E-state index in [9.17, 15) is 13.7 Å². The summed E-state index contributed by atoms with van der Waals surface area (Å²) in [5.41, 5.74) is 3.31. The van der Waals surface area contributed by atoms with E-state index in [0.717, 1.165) is 42.3 Å². The largest absolute Gasteiger partial charge is 0.309 e. The van der Waals surface area contributed by atoms with E-state index in [0.29, 0.717) is 27.2 Å². The van der Waals surface area contributed by atoms with Crippen LogP contribution >= 0.6 is 11.3 Å². The number of nitrogens with zero attached hydrogens (tertiary/aromatic N) is 2.